The maximum absolute atomic E-state index is 12.9. The molecule has 2 N–H and O–H groups in total. The molecular weight excluding hydrogens is 409 g/mol. The fourth-order valence-electron chi connectivity index (χ4n) is 3.43. The van der Waals surface area contributed by atoms with E-state index in [0.29, 0.717) is 23.7 Å². The standard InChI is InChI=1S/C23H25F3N2O3/c1-22(30,17-8-9-17)13-28-20(29)16-10-19(21(27-11-16)31-12-14-2-3-14)15-4-6-18(7-5-15)23(24,25)26/h4-7,10-11,14,17,30H,2-3,8-9,12-13H2,1H3,(H,28,29). The van der Waals surface area contributed by atoms with Crippen molar-refractivity contribution < 1.29 is 27.8 Å². The lowest BCUT2D eigenvalue weighted by molar-refractivity contribution is -0.137. The van der Waals surface area contributed by atoms with Gasteiger partial charge in [-0.25, -0.2) is 4.98 Å². The molecule has 166 valence electrons. The summed E-state index contributed by atoms with van der Waals surface area (Å²) < 4.78 is 44.6. The summed E-state index contributed by atoms with van der Waals surface area (Å²) in [5, 5.41) is 13.1. The van der Waals surface area contributed by atoms with Crippen LogP contribution in [0, 0.1) is 11.8 Å². The van der Waals surface area contributed by atoms with Crippen molar-refractivity contribution in [3.05, 3.63) is 47.7 Å². The van der Waals surface area contributed by atoms with Gasteiger partial charge in [0, 0.05) is 18.3 Å². The van der Waals surface area contributed by atoms with Crippen LogP contribution in [0.3, 0.4) is 0 Å². The average molecular weight is 434 g/mol. The van der Waals surface area contributed by atoms with Crippen molar-refractivity contribution in [2.75, 3.05) is 13.2 Å². The number of alkyl halides is 3. The lowest BCUT2D eigenvalue weighted by Crippen LogP contribution is -2.42. The molecule has 1 aromatic carbocycles. The molecule has 1 atom stereocenters. The third-order valence-electron chi connectivity index (χ3n) is 5.85. The average Bonchev–Trinajstić information content (AvgIpc) is 3.63. The van der Waals surface area contributed by atoms with Gasteiger partial charge in [0.1, 0.15) is 0 Å². The van der Waals surface area contributed by atoms with Crippen molar-refractivity contribution in [3.8, 4) is 17.0 Å². The molecular formula is C23H25F3N2O3. The number of aliphatic hydroxyl groups is 1. The normalized spacial score (nSPS) is 18.4. The monoisotopic (exact) mass is 434 g/mol. The van der Waals surface area contributed by atoms with Gasteiger partial charge < -0.3 is 15.2 Å². The van der Waals surface area contributed by atoms with E-state index in [1.54, 1.807) is 13.0 Å². The summed E-state index contributed by atoms with van der Waals surface area (Å²) in [4.78, 5) is 16.9. The quantitative estimate of drug-likeness (QED) is 0.644. The van der Waals surface area contributed by atoms with Crippen molar-refractivity contribution >= 4 is 5.91 Å². The number of carbonyl (C=O) groups excluding carboxylic acids is 1. The van der Waals surface area contributed by atoms with Gasteiger partial charge in [-0.05, 0) is 68.2 Å². The fourth-order valence-corrected chi connectivity index (χ4v) is 3.43. The van der Waals surface area contributed by atoms with Crippen LogP contribution in [0.25, 0.3) is 11.1 Å². The largest absolute Gasteiger partial charge is 0.477 e. The molecule has 0 aliphatic heterocycles. The maximum atomic E-state index is 12.9. The van der Waals surface area contributed by atoms with Crippen LogP contribution in [-0.4, -0.2) is 34.8 Å². The molecule has 0 bridgehead atoms. The van der Waals surface area contributed by atoms with Crippen LogP contribution in [0.5, 0.6) is 5.88 Å². The molecule has 2 saturated carbocycles. The number of hydrogen-bond acceptors (Lipinski definition) is 4. The minimum atomic E-state index is -4.43. The van der Waals surface area contributed by atoms with Crippen molar-refractivity contribution in [1.29, 1.82) is 0 Å². The molecule has 2 fully saturated rings. The third-order valence-corrected chi connectivity index (χ3v) is 5.85. The Labute approximate surface area is 178 Å². The van der Waals surface area contributed by atoms with Crippen molar-refractivity contribution in [2.45, 2.75) is 44.4 Å². The number of rotatable bonds is 8. The number of amides is 1. The summed E-state index contributed by atoms with van der Waals surface area (Å²) >= 11 is 0. The van der Waals surface area contributed by atoms with Crippen LogP contribution in [0.4, 0.5) is 13.2 Å². The van der Waals surface area contributed by atoms with E-state index in [1.165, 1.54) is 18.3 Å². The zero-order chi connectivity index (χ0) is 22.2. The van der Waals surface area contributed by atoms with Gasteiger partial charge in [0.2, 0.25) is 5.88 Å². The van der Waals surface area contributed by atoms with E-state index in [-0.39, 0.29) is 23.9 Å². The van der Waals surface area contributed by atoms with E-state index in [2.05, 4.69) is 10.3 Å². The summed E-state index contributed by atoms with van der Waals surface area (Å²) in [5.74, 6) is 0.533. The van der Waals surface area contributed by atoms with Gasteiger partial charge in [0.05, 0.1) is 23.3 Å². The second-order valence-corrected chi connectivity index (χ2v) is 8.72. The smallest absolute Gasteiger partial charge is 0.416 e. The lowest BCUT2D eigenvalue weighted by atomic mass is 10.0. The van der Waals surface area contributed by atoms with Gasteiger partial charge in [-0.1, -0.05) is 12.1 Å². The number of nitrogens with zero attached hydrogens (tertiary/aromatic N) is 1. The fraction of sp³-hybridized carbons (Fsp3) is 0.478. The lowest BCUT2D eigenvalue weighted by Gasteiger charge is -2.23. The molecule has 2 aliphatic rings. The molecule has 1 unspecified atom stereocenters. The molecule has 4 rings (SSSR count). The topological polar surface area (TPSA) is 71.5 Å². The van der Waals surface area contributed by atoms with E-state index in [1.807, 2.05) is 0 Å². The van der Waals surface area contributed by atoms with Gasteiger partial charge in [-0.15, -0.1) is 0 Å². The van der Waals surface area contributed by atoms with Gasteiger partial charge in [-0.3, -0.25) is 4.79 Å². The first-order chi connectivity index (χ1) is 14.6. The number of halogens is 3. The first-order valence-corrected chi connectivity index (χ1v) is 10.4. The summed E-state index contributed by atoms with van der Waals surface area (Å²) in [5.41, 5.74) is -0.532. The van der Waals surface area contributed by atoms with Crippen LogP contribution >= 0.6 is 0 Å². The first-order valence-electron chi connectivity index (χ1n) is 10.4. The summed E-state index contributed by atoms with van der Waals surface area (Å²) in [6.07, 6.45) is 0.998. The molecule has 2 aromatic rings. The van der Waals surface area contributed by atoms with Crippen molar-refractivity contribution in [2.24, 2.45) is 11.8 Å². The minimum Gasteiger partial charge on any atom is -0.477 e. The highest BCUT2D eigenvalue weighted by Gasteiger charge is 2.40. The van der Waals surface area contributed by atoms with Gasteiger partial charge in [0.15, 0.2) is 0 Å². The predicted molar refractivity (Wildman–Crippen MR) is 109 cm³/mol. The summed E-state index contributed by atoms with van der Waals surface area (Å²) in [7, 11) is 0. The number of aromatic nitrogens is 1. The molecule has 2 aliphatic carbocycles. The molecule has 1 heterocycles. The van der Waals surface area contributed by atoms with Crippen molar-refractivity contribution in [3.63, 3.8) is 0 Å². The van der Waals surface area contributed by atoms with Gasteiger partial charge >= 0.3 is 6.18 Å². The Bertz CT molecular complexity index is 950. The van der Waals surface area contributed by atoms with E-state index < -0.39 is 23.2 Å². The van der Waals surface area contributed by atoms with Crippen LogP contribution in [0.2, 0.25) is 0 Å². The Hall–Kier alpha value is -2.61. The highest BCUT2D eigenvalue weighted by atomic mass is 19.4. The second-order valence-electron chi connectivity index (χ2n) is 8.72. The molecule has 5 nitrogen and oxygen atoms in total. The van der Waals surface area contributed by atoms with Crippen LogP contribution < -0.4 is 10.1 Å². The molecule has 31 heavy (non-hydrogen) atoms. The zero-order valence-corrected chi connectivity index (χ0v) is 17.2. The highest BCUT2D eigenvalue weighted by Crippen LogP contribution is 2.39. The second kappa shape index (κ2) is 8.15. The predicted octanol–water partition coefficient (Wildman–Crippen LogP) is 4.45. The minimum absolute atomic E-state index is 0.117. The molecule has 0 radical (unpaired) electrons. The third kappa shape index (κ3) is 5.36. The number of ether oxygens (including phenoxy) is 1. The highest BCUT2D eigenvalue weighted by molar-refractivity contribution is 5.95. The Morgan fingerprint density at radius 2 is 1.87 bits per heavy atom. The first kappa shape index (κ1) is 21.6. The summed E-state index contributed by atoms with van der Waals surface area (Å²) in [6.45, 7) is 2.30. The van der Waals surface area contributed by atoms with Crippen LogP contribution in [0.1, 0.15) is 48.5 Å². The van der Waals surface area contributed by atoms with E-state index >= 15 is 0 Å². The molecule has 0 spiro atoms. The Morgan fingerprint density at radius 1 is 1.19 bits per heavy atom. The zero-order valence-electron chi connectivity index (χ0n) is 17.2. The van der Waals surface area contributed by atoms with Crippen LogP contribution in [0.15, 0.2) is 36.5 Å². The molecule has 0 saturated heterocycles. The molecule has 1 amide bonds. The Balaban J connectivity index is 1.56. The van der Waals surface area contributed by atoms with Gasteiger partial charge in [-0.2, -0.15) is 13.2 Å². The Morgan fingerprint density at radius 3 is 2.45 bits per heavy atom. The number of benzene rings is 1. The SMILES string of the molecule is CC(O)(CNC(=O)c1cnc(OCC2CC2)c(-c2ccc(C(F)(F)F)cc2)c1)C1CC1. The number of pyridine rings is 1. The van der Waals surface area contributed by atoms with Crippen LogP contribution in [-0.2, 0) is 6.18 Å². The number of carbonyl (C=O) groups is 1. The number of nitrogens with one attached hydrogen (secondary N) is 1. The van der Waals surface area contributed by atoms with Crippen molar-refractivity contribution in [1.82, 2.24) is 10.3 Å². The summed E-state index contributed by atoms with van der Waals surface area (Å²) in [6, 6.07) is 6.27. The van der Waals surface area contributed by atoms with E-state index in [9.17, 15) is 23.1 Å². The Kier molecular flexibility index (Phi) is 5.68. The molecule has 8 heteroatoms. The molecule has 1 aromatic heterocycles. The maximum Gasteiger partial charge on any atom is 0.416 e. The van der Waals surface area contributed by atoms with E-state index in [4.69, 9.17) is 4.74 Å². The van der Waals surface area contributed by atoms with E-state index in [0.717, 1.165) is 37.8 Å². The number of hydrogen-bond donors (Lipinski definition) is 2. The van der Waals surface area contributed by atoms with Gasteiger partial charge in [0.25, 0.3) is 5.91 Å².